The smallest absolute Gasteiger partial charge is 0.256 e. The van der Waals surface area contributed by atoms with Gasteiger partial charge in [0.15, 0.2) is 5.82 Å². The van der Waals surface area contributed by atoms with Crippen LogP contribution in [0.3, 0.4) is 0 Å². The van der Waals surface area contributed by atoms with Crippen molar-refractivity contribution in [3.63, 3.8) is 0 Å². The van der Waals surface area contributed by atoms with E-state index in [0.29, 0.717) is 16.2 Å². The fraction of sp³-hybridized carbons (Fsp3) is 0.391. The van der Waals surface area contributed by atoms with E-state index in [9.17, 15) is 9.90 Å². The van der Waals surface area contributed by atoms with E-state index >= 15 is 4.39 Å². The maximum absolute atomic E-state index is 15.6. The lowest BCUT2D eigenvalue weighted by atomic mass is 9.81. The second kappa shape index (κ2) is 9.62. The summed E-state index contributed by atoms with van der Waals surface area (Å²) in [5.74, 6) is -0.978. The number of fused-ring (bicyclic) bond motifs is 1. The molecular weight excluding hydrogens is 548 g/mol. The molecule has 1 unspecified atom stereocenters. The number of carbonyl (C=O) groups excluding carboxylic acids is 1. The van der Waals surface area contributed by atoms with Crippen LogP contribution in [-0.4, -0.2) is 56.7 Å². The first-order valence-electron chi connectivity index (χ1n) is 10.9. The first-order valence-corrected chi connectivity index (χ1v) is 12.0. The van der Waals surface area contributed by atoms with E-state index in [0.717, 1.165) is 30.3 Å². The number of likely N-dealkylation sites (tertiary alicyclic amines) is 1. The zero-order chi connectivity index (χ0) is 23.3. The van der Waals surface area contributed by atoms with Crippen LogP contribution in [0.2, 0.25) is 5.02 Å². The summed E-state index contributed by atoms with van der Waals surface area (Å²) in [6, 6.07) is 6.78. The normalized spacial score (nSPS) is 19.4. The van der Waals surface area contributed by atoms with Crippen molar-refractivity contribution < 1.29 is 14.3 Å². The van der Waals surface area contributed by atoms with Crippen LogP contribution in [-0.2, 0) is 7.05 Å². The van der Waals surface area contributed by atoms with Crippen molar-refractivity contribution >= 4 is 68.3 Å². The van der Waals surface area contributed by atoms with Gasteiger partial charge in [-0.25, -0.2) is 9.37 Å². The summed E-state index contributed by atoms with van der Waals surface area (Å²) in [4.78, 5) is 19.2. The lowest BCUT2D eigenvalue weighted by Crippen LogP contribution is -2.72. The highest BCUT2D eigenvalue weighted by molar-refractivity contribution is 9.10. The van der Waals surface area contributed by atoms with E-state index in [1.165, 1.54) is 6.33 Å². The van der Waals surface area contributed by atoms with Gasteiger partial charge < -0.3 is 25.2 Å². The van der Waals surface area contributed by atoms with Crippen LogP contribution in [0.5, 0.6) is 0 Å². The van der Waals surface area contributed by atoms with Gasteiger partial charge in [-0.05, 0) is 43.7 Å². The Morgan fingerprint density at radius 1 is 1.35 bits per heavy atom. The number of aromatic nitrogens is 2. The lowest BCUT2D eigenvalue weighted by molar-refractivity contribution is -0.108. The van der Waals surface area contributed by atoms with Crippen LogP contribution in [0, 0.1) is 5.82 Å². The van der Waals surface area contributed by atoms with E-state index in [4.69, 9.17) is 11.6 Å². The molecule has 2 aliphatic heterocycles. The minimum Gasteiger partial charge on any atom is -0.385 e. The van der Waals surface area contributed by atoms with Crippen molar-refractivity contribution in [2.24, 2.45) is 7.05 Å². The average molecular weight is 573 g/mol. The number of rotatable bonds is 4. The molecule has 1 aromatic heterocycles. The molecule has 2 aliphatic rings. The third kappa shape index (κ3) is 4.40. The molecule has 182 valence electrons. The zero-order valence-electron chi connectivity index (χ0n) is 18.4. The van der Waals surface area contributed by atoms with Gasteiger partial charge in [-0.2, -0.15) is 0 Å². The second-order valence-electron chi connectivity index (χ2n) is 8.85. The Labute approximate surface area is 216 Å². The van der Waals surface area contributed by atoms with Crippen LogP contribution in [0.15, 0.2) is 35.1 Å². The first kappa shape index (κ1) is 25.2. The third-order valence-corrected chi connectivity index (χ3v) is 7.36. The van der Waals surface area contributed by atoms with E-state index < -0.39 is 11.4 Å². The standard InChI is InChI=1S/C23H24BrClFN5O2.ClH/c1-30-12-28-21-17(30)9-14(20(19(21)26)29-16-6-5-13(24)8-15(16)25)22(32)31-10-23(33,11-31)18-4-2-3-7-27-18;/h5-6,8-9,12,18,27,29,33H,2-4,7,10-11H2,1H3;1H. The molecule has 5 rings (SSSR count). The molecule has 3 N–H and O–H groups in total. The van der Waals surface area contributed by atoms with Crippen molar-refractivity contribution in [3.05, 3.63) is 51.5 Å². The number of nitrogens with one attached hydrogen (secondary N) is 2. The Morgan fingerprint density at radius 3 is 2.79 bits per heavy atom. The van der Waals surface area contributed by atoms with Crippen LogP contribution < -0.4 is 10.6 Å². The number of benzene rings is 2. The molecule has 2 fully saturated rings. The number of halogens is 4. The maximum atomic E-state index is 15.6. The first-order chi connectivity index (χ1) is 15.8. The number of amides is 1. The zero-order valence-corrected chi connectivity index (χ0v) is 21.6. The number of anilines is 2. The lowest BCUT2D eigenvalue weighted by Gasteiger charge is -2.51. The molecule has 1 amide bonds. The predicted octanol–water partition coefficient (Wildman–Crippen LogP) is 4.62. The molecule has 11 heteroatoms. The Kier molecular flexibility index (Phi) is 7.13. The molecule has 3 aromatic rings. The number of aryl methyl sites for hydroxylation is 1. The summed E-state index contributed by atoms with van der Waals surface area (Å²) in [6.45, 7) is 1.27. The van der Waals surface area contributed by atoms with Crippen LogP contribution in [0.1, 0.15) is 29.6 Å². The Hall–Kier alpha value is -1.91. The predicted molar refractivity (Wildman–Crippen MR) is 137 cm³/mol. The maximum Gasteiger partial charge on any atom is 0.256 e. The molecule has 0 spiro atoms. The molecule has 34 heavy (non-hydrogen) atoms. The molecule has 0 bridgehead atoms. The molecule has 2 aromatic carbocycles. The Bertz CT molecular complexity index is 1240. The van der Waals surface area contributed by atoms with Gasteiger partial charge >= 0.3 is 0 Å². The van der Waals surface area contributed by atoms with Gasteiger partial charge in [-0.15, -0.1) is 12.4 Å². The molecule has 3 heterocycles. The highest BCUT2D eigenvalue weighted by Crippen LogP contribution is 2.37. The van der Waals surface area contributed by atoms with Gasteiger partial charge in [0.1, 0.15) is 11.1 Å². The summed E-state index contributed by atoms with van der Waals surface area (Å²) in [5.41, 5.74) is 0.357. The fourth-order valence-corrected chi connectivity index (χ4v) is 5.42. The monoisotopic (exact) mass is 571 g/mol. The number of β-amino-alcohol motifs (C(OH)–C–C–N with tert-alkyl or cyclic N) is 1. The van der Waals surface area contributed by atoms with Gasteiger partial charge in [0.25, 0.3) is 5.91 Å². The van der Waals surface area contributed by atoms with Gasteiger partial charge in [-0.3, -0.25) is 4.79 Å². The number of hydrogen-bond donors (Lipinski definition) is 3. The number of aliphatic hydroxyl groups is 1. The van der Waals surface area contributed by atoms with Gasteiger partial charge in [-0.1, -0.05) is 34.0 Å². The summed E-state index contributed by atoms with van der Waals surface area (Å²) in [6.07, 6.45) is 4.53. The Balaban J connectivity index is 0.00000274. The minimum absolute atomic E-state index is 0. The molecule has 0 aliphatic carbocycles. The largest absolute Gasteiger partial charge is 0.385 e. The SMILES string of the molecule is Cl.Cn1cnc2c(F)c(Nc3ccc(Br)cc3Cl)c(C(=O)N3CC(O)(C4CCCCN4)C3)cc21. The van der Waals surface area contributed by atoms with E-state index in [2.05, 4.69) is 31.5 Å². The van der Waals surface area contributed by atoms with Gasteiger partial charge in [0, 0.05) is 17.6 Å². The number of imidazole rings is 1. The second-order valence-corrected chi connectivity index (χ2v) is 10.2. The average Bonchev–Trinajstić information content (AvgIpc) is 3.16. The molecule has 0 radical (unpaired) electrons. The number of carbonyl (C=O) groups is 1. The van der Waals surface area contributed by atoms with E-state index in [1.54, 1.807) is 40.8 Å². The number of hydrogen-bond acceptors (Lipinski definition) is 5. The van der Waals surface area contributed by atoms with Crippen molar-refractivity contribution in [1.82, 2.24) is 19.8 Å². The number of piperidine rings is 1. The van der Waals surface area contributed by atoms with Crippen molar-refractivity contribution in [1.29, 1.82) is 0 Å². The van der Waals surface area contributed by atoms with Crippen LogP contribution in [0.25, 0.3) is 11.0 Å². The van der Waals surface area contributed by atoms with E-state index in [-0.39, 0.29) is 54.2 Å². The summed E-state index contributed by atoms with van der Waals surface area (Å²) < 4.78 is 18.1. The highest BCUT2D eigenvalue weighted by atomic mass is 79.9. The molecule has 1 atom stereocenters. The topological polar surface area (TPSA) is 82.4 Å². The molecule has 0 saturated carbocycles. The quantitative estimate of drug-likeness (QED) is 0.425. The van der Waals surface area contributed by atoms with Crippen molar-refractivity contribution in [2.45, 2.75) is 30.9 Å². The summed E-state index contributed by atoms with van der Waals surface area (Å²) >= 11 is 9.70. The van der Waals surface area contributed by atoms with Crippen molar-refractivity contribution in [2.75, 3.05) is 25.0 Å². The van der Waals surface area contributed by atoms with Gasteiger partial charge in [0.2, 0.25) is 0 Å². The molecular formula is C23H25BrCl2FN5O2. The highest BCUT2D eigenvalue weighted by Gasteiger charge is 2.49. The van der Waals surface area contributed by atoms with Crippen LogP contribution in [0.4, 0.5) is 15.8 Å². The van der Waals surface area contributed by atoms with Gasteiger partial charge in [0.05, 0.1) is 46.9 Å². The number of nitrogens with zero attached hydrogens (tertiary/aromatic N) is 3. The van der Waals surface area contributed by atoms with Crippen molar-refractivity contribution in [3.8, 4) is 0 Å². The third-order valence-electron chi connectivity index (χ3n) is 6.56. The molecule has 2 saturated heterocycles. The summed E-state index contributed by atoms with van der Waals surface area (Å²) in [5, 5.41) is 17.8. The Morgan fingerprint density at radius 2 is 2.12 bits per heavy atom. The fourth-order valence-electron chi connectivity index (χ4n) is 4.70. The van der Waals surface area contributed by atoms with E-state index in [1.807, 2.05) is 0 Å². The van der Waals surface area contributed by atoms with Crippen LogP contribution >= 0.6 is 39.9 Å². The minimum atomic E-state index is -0.964. The summed E-state index contributed by atoms with van der Waals surface area (Å²) in [7, 11) is 1.75. The molecule has 7 nitrogen and oxygen atoms in total.